The van der Waals surface area contributed by atoms with Crippen LogP contribution in [0, 0.1) is 0 Å². The van der Waals surface area contributed by atoms with Gasteiger partial charge in [-0.1, -0.05) is 23.9 Å². The van der Waals surface area contributed by atoms with Gasteiger partial charge in [-0.25, -0.2) is 9.78 Å². The number of carbonyl (C=O) groups is 1. The molecule has 0 radical (unpaired) electrons. The average molecular weight is 426 g/mol. The minimum absolute atomic E-state index is 0.301. The van der Waals surface area contributed by atoms with Crippen molar-refractivity contribution in [1.29, 1.82) is 0 Å². The topological polar surface area (TPSA) is 93.2 Å². The van der Waals surface area contributed by atoms with Crippen molar-refractivity contribution in [3.8, 4) is 11.5 Å². The number of piperidine rings is 1. The Morgan fingerprint density at radius 2 is 1.87 bits per heavy atom. The molecule has 4 rings (SSSR count). The Morgan fingerprint density at radius 1 is 1.10 bits per heavy atom. The maximum atomic E-state index is 12.4. The second kappa shape index (κ2) is 10.1. The van der Waals surface area contributed by atoms with Gasteiger partial charge in [-0.2, -0.15) is 0 Å². The third kappa shape index (κ3) is 5.73. The van der Waals surface area contributed by atoms with Gasteiger partial charge in [0.2, 0.25) is 5.16 Å². The Hall–Kier alpha value is -3.07. The fourth-order valence-corrected chi connectivity index (χ4v) is 4.13. The monoisotopic (exact) mass is 425 g/mol. The summed E-state index contributed by atoms with van der Waals surface area (Å²) in [7, 11) is 0. The number of benzene rings is 1. The van der Waals surface area contributed by atoms with Crippen LogP contribution in [0.5, 0.6) is 11.5 Å². The van der Waals surface area contributed by atoms with Crippen molar-refractivity contribution >= 4 is 17.9 Å². The Bertz CT molecular complexity index is 914. The first-order valence-corrected chi connectivity index (χ1v) is 10.8. The molecule has 2 aromatic heterocycles. The molecule has 1 aliphatic rings. The number of aromatic nitrogens is 4. The van der Waals surface area contributed by atoms with Crippen LogP contribution >= 0.6 is 11.8 Å². The molecule has 0 bridgehead atoms. The zero-order valence-electron chi connectivity index (χ0n) is 16.4. The van der Waals surface area contributed by atoms with Crippen LogP contribution in [0.15, 0.2) is 60.3 Å². The first kappa shape index (κ1) is 20.2. The van der Waals surface area contributed by atoms with Gasteiger partial charge in [0.15, 0.2) is 0 Å². The van der Waals surface area contributed by atoms with Crippen molar-refractivity contribution in [2.75, 3.05) is 19.7 Å². The van der Waals surface area contributed by atoms with E-state index in [0.717, 1.165) is 35.7 Å². The molecule has 1 N–H and O–H groups in total. The highest BCUT2D eigenvalue weighted by atomic mass is 32.2. The van der Waals surface area contributed by atoms with Gasteiger partial charge in [0.25, 0.3) is 0 Å². The molecule has 0 saturated carbocycles. The number of carbonyl (C=O) groups excluding carboxylic acids is 1. The van der Waals surface area contributed by atoms with Crippen LogP contribution in [-0.4, -0.2) is 56.1 Å². The number of hydrogen-bond acceptors (Lipinski definition) is 7. The van der Waals surface area contributed by atoms with E-state index in [1.54, 1.807) is 35.4 Å². The van der Waals surface area contributed by atoms with Gasteiger partial charge in [0.1, 0.15) is 17.8 Å². The predicted molar refractivity (Wildman–Crippen MR) is 113 cm³/mol. The summed E-state index contributed by atoms with van der Waals surface area (Å²) in [5.41, 5.74) is 1.12. The van der Waals surface area contributed by atoms with E-state index in [1.165, 1.54) is 0 Å². The molecular weight excluding hydrogens is 402 g/mol. The van der Waals surface area contributed by atoms with Crippen LogP contribution in [0.1, 0.15) is 18.4 Å². The van der Waals surface area contributed by atoms with Crippen molar-refractivity contribution in [2.45, 2.75) is 29.7 Å². The molecule has 9 heteroatoms. The van der Waals surface area contributed by atoms with Crippen LogP contribution in [-0.2, 0) is 6.42 Å². The number of nitrogens with zero attached hydrogens (tertiary/aromatic N) is 4. The Kier molecular flexibility index (Phi) is 6.81. The number of H-pyrrole nitrogens is 1. The third-order valence-corrected chi connectivity index (χ3v) is 6.02. The molecule has 1 amide bonds. The van der Waals surface area contributed by atoms with Crippen molar-refractivity contribution in [1.82, 2.24) is 25.1 Å². The first-order chi connectivity index (χ1) is 14.8. The van der Waals surface area contributed by atoms with Gasteiger partial charge in [-0.15, -0.1) is 5.10 Å². The summed E-state index contributed by atoms with van der Waals surface area (Å²) in [5, 5.41) is 7.96. The van der Waals surface area contributed by atoms with Gasteiger partial charge in [-0.3, -0.25) is 10.1 Å². The highest BCUT2D eigenvalue weighted by molar-refractivity contribution is 7.99. The number of aromatic amines is 1. The first-order valence-electron chi connectivity index (χ1n) is 9.87. The van der Waals surface area contributed by atoms with Crippen LogP contribution in [0.2, 0.25) is 0 Å². The smallest absolute Gasteiger partial charge is 0.415 e. The van der Waals surface area contributed by atoms with Gasteiger partial charge in [0.05, 0.1) is 6.61 Å². The minimum Gasteiger partial charge on any atom is -0.493 e. The van der Waals surface area contributed by atoms with Crippen LogP contribution in [0.25, 0.3) is 0 Å². The van der Waals surface area contributed by atoms with Gasteiger partial charge in [0, 0.05) is 37.2 Å². The van der Waals surface area contributed by atoms with Crippen molar-refractivity contribution in [3.05, 3.63) is 60.7 Å². The number of thioether (sulfide) groups is 1. The molecule has 0 atom stereocenters. The molecule has 0 spiro atoms. The summed E-state index contributed by atoms with van der Waals surface area (Å²) in [6.45, 7) is 1.92. The maximum Gasteiger partial charge on any atom is 0.415 e. The van der Waals surface area contributed by atoms with Gasteiger partial charge >= 0.3 is 6.09 Å². The predicted octanol–water partition coefficient (Wildman–Crippen LogP) is 3.58. The number of pyridine rings is 1. The van der Waals surface area contributed by atoms with E-state index in [4.69, 9.17) is 9.47 Å². The largest absolute Gasteiger partial charge is 0.493 e. The lowest BCUT2D eigenvalue weighted by atomic mass is 10.1. The number of likely N-dealkylation sites (tertiary alicyclic amines) is 1. The fraction of sp³-hybridized carbons (Fsp3) is 0.333. The molecule has 1 saturated heterocycles. The number of ether oxygens (including phenoxy) is 2. The van der Waals surface area contributed by atoms with E-state index in [2.05, 4.69) is 20.2 Å². The van der Waals surface area contributed by atoms with E-state index < -0.39 is 0 Å². The summed E-state index contributed by atoms with van der Waals surface area (Å²) < 4.78 is 11.2. The van der Waals surface area contributed by atoms with Crippen molar-refractivity contribution in [2.24, 2.45) is 0 Å². The second-order valence-electron chi connectivity index (χ2n) is 6.88. The molecule has 1 fully saturated rings. The van der Waals surface area contributed by atoms with Gasteiger partial charge in [-0.05, 0) is 42.7 Å². The minimum atomic E-state index is -0.301. The number of nitrogens with one attached hydrogen (secondary N) is 1. The lowest BCUT2D eigenvalue weighted by Crippen LogP contribution is -2.40. The van der Waals surface area contributed by atoms with E-state index in [9.17, 15) is 4.79 Å². The highest BCUT2D eigenvalue weighted by Gasteiger charge is 2.25. The van der Waals surface area contributed by atoms with Crippen LogP contribution in [0.4, 0.5) is 4.79 Å². The van der Waals surface area contributed by atoms with E-state index in [1.807, 2.05) is 36.4 Å². The van der Waals surface area contributed by atoms with Crippen LogP contribution < -0.4 is 9.47 Å². The lowest BCUT2D eigenvalue weighted by molar-refractivity contribution is 0.143. The standard InChI is InChI=1S/C21H23N5O3S/c27-21(26-12-7-19(8-13-26)30-20-23-15-24-25-20)29-18-3-1-16(2-4-18)9-14-28-17-5-10-22-11-6-17/h1-6,10-11,15,19H,7-9,12-14H2,(H,23,24,25). The van der Waals surface area contributed by atoms with Crippen molar-refractivity contribution in [3.63, 3.8) is 0 Å². The molecule has 0 unspecified atom stereocenters. The van der Waals surface area contributed by atoms with E-state index in [0.29, 0.717) is 30.7 Å². The zero-order valence-corrected chi connectivity index (χ0v) is 17.3. The molecule has 3 aromatic rings. The molecular formula is C21H23N5O3S. The molecule has 156 valence electrons. The zero-order chi connectivity index (χ0) is 20.6. The summed E-state index contributed by atoms with van der Waals surface area (Å²) in [4.78, 5) is 22.3. The Balaban J connectivity index is 1.19. The molecule has 3 heterocycles. The summed E-state index contributed by atoms with van der Waals surface area (Å²) in [5.74, 6) is 1.36. The number of amides is 1. The average Bonchev–Trinajstić information content (AvgIpc) is 3.29. The normalized spacial score (nSPS) is 14.5. The van der Waals surface area contributed by atoms with Gasteiger partial charge < -0.3 is 14.4 Å². The quantitative estimate of drug-likeness (QED) is 0.618. The summed E-state index contributed by atoms with van der Waals surface area (Å²) in [6, 6.07) is 11.2. The van der Waals surface area contributed by atoms with E-state index in [-0.39, 0.29) is 6.09 Å². The number of hydrogen-bond donors (Lipinski definition) is 1. The highest BCUT2D eigenvalue weighted by Crippen LogP contribution is 2.28. The Labute approximate surface area is 179 Å². The lowest BCUT2D eigenvalue weighted by Gasteiger charge is -2.30. The third-order valence-electron chi connectivity index (χ3n) is 4.80. The number of rotatable bonds is 7. The molecule has 1 aromatic carbocycles. The molecule has 30 heavy (non-hydrogen) atoms. The van der Waals surface area contributed by atoms with E-state index >= 15 is 0 Å². The second-order valence-corrected chi connectivity index (χ2v) is 8.15. The fourth-order valence-electron chi connectivity index (χ4n) is 3.17. The SMILES string of the molecule is O=C(Oc1ccc(CCOc2ccncc2)cc1)N1CCC(Sc2nc[nH]n2)CC1. The maximum absolute atomic E-state index is 12.4. The van der Waals surface area contributed by atoms with Crippen molar-refractivity contribution < 1.29 is 14.3 Å². The summed E-state index contributed by atoms with van der Waals surface area (Å²) in [6.07, 6.45) is 7.24. The summed E-state index contributed by atoms with van der Waals surface area (Å²) >= 11 is 1.65. The van der Waals surface area contributed by atoms with Crippen LogP contribution in [0.3, 0.4) is 0 Å². The Morgan fingerprint density at radius 3 is 2.57 bits per heavy atom. The molecule has 0 aliphatic carbocycles. The molecule has 8 nitrogen and oxygen atoms in total. The molecule has 1 aliphatic heterocycles.